The first-order valence-electron chi connectivity index (χ1n) is 8.78. The van der Waals surface area contributed by atoms with Crippen LogP contribution in [0.3, 0.4) is 0 Å². The summed E-state index contributed by atoms with van der Waals surface area (Å²) in [6.07, 6.45) is 0. The smallest absolute Gasteiger partial charge is 0.273 e. The average Bonchev–Trinajstić information content (AvgIpc) is 2.70. The van der Waals surface area contributed by atoms with Crippen LogP contribution in [0.25, 0.3) is 0 Å². The molecule has 0 heterocycles. The molecule has 0 atom stereocenters. The van der Waals surface area contributed by atoms with Crippen LogP contribution in [0.4, 0.5) is 0 Å². The van der Waals surface area contributed by atoms with Crippen molar-refractivity contribution in [3.8, 4) is 11.5 Å². The van der Waals surface area contributed by atoms with Gasteiger partial charge in [0.05, 0.1) is 23.8 Å². The molecule has 2 aromatic rings. The number of rotatable bonds is 6. The summed E-state index contributed by atoms with van der Waals surface area (Å²) in [5, 5.41) is 2.46. The molecule has 0 aliphatic carbocycles. The number of hydrogen-bond donors (Lipinski definition) is 3. The van der Waals surface area contributed by atoms with E-state index in [1.54, 1.807) is 42.5 Å². The Morgan fingerprint density at radius 3 is 2.45 bits per heavy atom. The fraction of sp³-hybridized carbons (Fsp3) is 0.250. The highest BCUT2D eigenvalue weighted by Crippen LogP contribution is 2.26. The second kappa shape index (κ2) is 10.8. The third-order valence-electron chi connectivity index (χ3n) is 3.63. The lowest BCUT2D eigenvalue weighted by Gasteiger charge is -2.13. The van der Waals surface area contributed by atoms with E-state index in [2.05, 4.69) is 45.9 Å². The molecule has 7 nitrogen and oxygen atoms in total. The molecule has 2 amide bonds. The molecule has 2 aromatic carbocycles. The van der Waals surface area contributed by atoms with Crippen LogP contribution in [0.1, 0.15) is 34.6 Å². The van der Waals surface area contributed by atoms with Crippen LogP contribution in [0, 0.1) is 5.92 Å². The molecule has 9 heteroatoms. The van der Waals surface area contributed by atoms with Crippen LogP contribution >= 0.6 is 28.1 Å². The van der Waals surface area contributed by atoms with Crippen LogP contribution < -0.4 is 25.6 Å². The van der Waals surface area contributed by atoms with Gasteiger partial charge in [-0.15, -0.1) is 0 Å². The number of thiocarbonyl (C=S) groups is 1. The summed E-state index contributed by atoms with van der Waals surface area (Å²) >= 11 is 8.46. The van der Waals surface area contributed by atoms with Crippen LogP contribution in [0.5, 0.6) is 11.5 Å². The fourth-order valence-corrected chi connectivity index (χ4v) is 2.87. The largest absolute Gasteiger partial charge is 0.496 e. The maximum absolute atomic E-state index is 12.4. The molecule has 29 heavy (non-hydrogen) atoms. The van der Waals surface area contributed by atoms with Gasteiger partial charge in [-0.2, -0.15) is 0 Å². The Morgan fingerprint density at radius 1 is 1.07 bits per heavy atom. The molecule has 0 aromatic heterocycles. The number of hydrazine groups is 1. The number of methoxy groups -OCH3 is 1. The summed E-state index contributed by atoms with van der Waals surface area (Å²) in [5.41, 5.74) is 5.64. The zero-order valence-corrected chi connectivity index (χ0v) is 18.6. The molecular formula is C20H22BrN3O4S. The van der Waals surface area contributed by atoms with Gasteiger partial charge in [-0.1, -0.05) is 26.0 Å². The normalized spacial score (nSPS) is 10.2. The summed E-state index contributed by atoms with van der Waals surface area (Å²) in [6.45, 7) is 4.68. The molecule has 0 radical (unpaired) electrons. The van der Waals surface area contributed by atoms with E-state index in [0.717, 1.165) is 0 Å². The van der Waals surface area contributed by atoms with E-state index in [4.69, 9.17) is 21.7 Å². The number of para-hydroxylation sites is 1. The third-order valence-corrected chi connectivity index (χ3v) is 4.46. The summed E-state index contributed by atoms with van der Waals surface area (Å²) in [7, 11) is 1.47. The highest BCUT2D eigenvalue weighted by Gasteiger charge is 2.14. The second-order valence-corrected chi connectivity index (χ2v) is 7.68. The number of halogens is 1. The van der Waals surface area contributed by atoms with Crippen molar-refractivity contribution < 1.29 is 19.1 Å². The Bertz CT molecular complexity index is 905. The minimum absolute atomic E-state index is 0.0468. The Morgan fingerprint density at radius 2 is 1.79 bits per heavy atom. The van der Waals surface area contributed by atoms with Gasteiger partial charge in [-0.25, -0.2) is 0 Å². The van der Waals surface area contributed by atoms with E-state index in [0.29, 0.717) is 39.6 Å². The van der Waals surface area contributed by atoms with Crippen molar-refractivity contribution in [1.29, 1.82) is 0 Å². The van der Waals surface area contributed by atoms with Crippen molar-refractivity contribution in [1.82, 2.24) is 16.2 Å². The van der Waals surface area contributed by atoms with Gasteiger partial charge in [0, 0.05) is 5.56 Å². The zero-order chi connectivity index (χ0) is 21.4. The van der Waals surface area contributed by atoms with Crippen molar-refractivity contribution in [2.24, 2.45) is 5.92 Å². The quantitative estimate of drug-likeness (QED) is 0.434. The second-order valence-electron chi connectivity index (χ2n) is 6.41. The van der Waals surface area contributed by atoms with E-state index in [1.165, 1.54) is 7.11 Å². The number of amides is 2. The monoisotopic (exact) mass is 479 g/mol. The van der Waals surface area contributed by atoms with Gasteiger partial charge in [-0.3, -0.25) is 25.8 Å². The van der Waals surface area contributed by atoms with Crippen molar-refractivity contribution >= 4 is 45.1 Å². The molecule has 0 aliphatic rings. The van der Waals surface area contributed by atoms with Gasteiger partial charge in [-0.05, 0) is 64.4 Å². The zero-order valence-electron chi connectivity index (χ0n) is 16.2. The lowest BCUT2D eigenvalue weighted by atomic mass is 10.2. The van der Waals surface area contributed by atoms with Crippen molar-refractivity contribution in [3.63, 3.8) is 0 Å². The van der Waals surface area contributed by atoms with Crippen LogP contribution in [0.2, 0.25) is 0 Å². The van der Waals surface area contributed by atoms with Gasteiger partial charge in [0.15, 0.2) is 5.11 Å². The predicted molar refractivity (Wildman–Crippen MR) is 118 cm³/mol. The first kappa shape index (κ1) is 22.6. The van der Waals surface area contributed by atoms with Gasteiger partial charge < -0.3 is 9.47 Å². The number of carbonyl (C=O) groups excluding carboxylic acids is 2. The first-order valence-corrected chi connectivity index (χ1v) is 9.99. The fourth-order valence-electron chi connectivity index (χ4n) is 2.24. The number of hydrogen-bond acceptors (Lipinski definition) is 5. The van der Waals surface area contributed by atoms with E-state index in [-0.39, 0.29) is 5.11 Å². The summed E-state index contributed by atoms with van der Waals surface area (Å²) < 4.78 is 11.5. The Kier molecular flexibility index (Phi) is 8.41. The minimum Gasteiger partial charge on any atom is -0.496 e. The molecule has 3 N–H and O–H groups in total. The lowest BCUT2D eigenvalue weighted by molar-refractivity contribution is 0.0932. The van der Waals surface area contributed by atoms with Crippen LogP contribution in [0.15, 0.2) is 46.9 Å². The summed E-state index contributed by atoms with van der Waals surface area (Å²) in [6, 6.07) is 11.7. The van der Waals surface area contributed by atoms with E-state index in [1.807, 2.05) is 0 Å². The molecule has 2 rings (SSSR count). The van der Waals surface area contributed by atoms with Gasteiger partial charge >= 0.3 is 0 Å². The molecule has 0 saturated carbocycles. The number of benzene rings is 2. The van der Waals surface area contributed by atoms with Gasteiger partial charge in [0.25, 0.3) is 11.8 Å². The van der Waals surface area contributed by atoms with Crippen LogP contribution in [-0.4, -0.2) is 30.6 Å². The average molecular weight is 480 g/mol. The predicted octanol–water partition coefficient (Wildman–Crippen LogP) is 3.44. The maximum Gasteiger partial charge on any atom is 0.273 e. The van der Waals surface area contributed by atoms with Gasteiger partial charge in [0.1, 0.15) is 11.5 Å². The Balaban J connectivity index is 1.91. The standard InChI is InChI=1S/C20H22BrN3O4S/c1-12(2)11-28-17-9-8-13(10-15(17)21)18(25)22-20(29)24-23-19(26)14-6-4-5-7-16(14)27-3/h4-10,12H,11H2,1-3H3,(H,23,26)(H2,22,24,25,29). The molecule has 0 aliphatic heterocycles. The van der Waals surface area contributed by atoms with Crippen molar-refractivity contribution in [2.45, 2.75) is 13.8 Å². The number of carbonyl (C=O) groups is 2. The van der Waals surface area contributed by atoms with E-state index in [9.17, 15) is 9.59 Å². The molecule has 0 bridgehead atoms. The number of ether oxygens (including phenoxy) is 2. The van der Waals surface area contributed by atoms with Gasteiger partial charge in [0.2, 0.25) is 0 Å². The molecule has 0 spiro atoms. The SMILES string of the molecule is COc1ccccc1C(=O)NNC(=S)NC(=O)c1ccc(OCC(C)C)c(Br)c1. The highest BCUT2D eigenvalue weighted by atomic mass is 79.9. The lowest BCUT2D eigenvalue weighted by Crippen LogP contribution is -2.48. The minimum atomic E-state index is -0.451. The summed E-state index contributed by atoms with van der Waals surface area (Å²) in [4.78, 5) is 24.6. The third kappa shape index (κ3) is 6.72. The highest BCUT2D eigenvalue weighted by molar-refractivity contribution is 9.10. The Hall–Kier alpha value is -2.65. The topological polar surface area (TPSA) is 88.7 Å². The molecule has 0 unspecified atom stereocenters. The van der Waals surface area contributed by atoms with Crippen LogP contribution in [-0.2, 0) is 0 Å². The molecule has 0 fully saturated rings. The Labute approximate surface area is 183 Å². The van der Waals surface area contributed by atoms with Crippen molar-refractivity contribution in [2.75, 3.05) is 13.7 Å². The molecule has 154 valence electrons. The maximum atomic E-state index is 12.4. The van der Waals surface area contributed by atoms with Crippen molar-refractivity contribution in [3.05, 3.63) is 58.1 Å². The van der Waals surface area contributed by atoms with E-state index >= 15 is 0 Å². The molecular weight excluding hydrogens is 458 g/mol. The first-order chi connectivity index (χ1) is 13.8. The summed E-state index contributed by atoms with van der Waals surface area (Å²) in [5.74, 6) is 0.587. The van der Waals surface area contributed by atoms with E-state index < -0.39 is 11.8 Å². The number of nitrogens with one attached hydrogen (secondary N) is 3. The molecule has 0 saturated heterocycles.